The molecule has 2 aromatic rings. The lowest BCUT2D eigenvalue weighted by atomic mass is 10.2. The number of benzene rings is 2. The van der Waals surface area contributed by atoms with Gasteiger partial charge in [0.25, 0.3) is 5.69 Å². The average molecular weight is 361 g/mol. The summed E-state index contributed by atoms with van der Waals surface area (Å²) < 4.78 is 19.0. The molecule has 0 bridgehead atoms. The van der Waals surface area contributed by atoms with Gasteiger partial charge in [0.1, 0.15) is 18.2 Å². The maximum absolute atomic E-state index is 13.2. The lowest BCUT2D eigenvalue weighted by Crippen LogP contribution is -1.98. The van der Waals surface area contributed by atoms with Crippen molar-refractivity contribution in [1.82, 2.24) is 0 Å². The molecular weight excluding hydrogens is 353 g/mol. The van der Waals surface area contributed by atoms with Crippen LogP contribution in [-0.2, 0) is 6.61 Å². The molecule has 0 N–H and O–H groups in total. The Labute approximate surface area is 127 Å². The number of hydrogen-bond donors (Lipinski definition) is 0. The molecule has 2 aromatic carbocycles. The quantitative estimate of drug-likeness (QED) is 0.585. The molecule has 2 rings (SSSR count). The number of ether oxygens (including phenoxy) is 1. The molecule has 104 valence electrons. The molecule has 0 aliphatic carbocycles. The zero-order valence-corrected chi connectivity index (χ0v) is 12.3. The fourth-order valence-electron chi connectivity index (χ4n) is 1.52. The molecule has 0 spiro atoms. The fourth-order valence-corrected chi connectivity index (χ4v) is 2.03. The van der Waals surface area contributed by atoms with E-state index in [4.69, 9.17) is 16.3 Å². The van der Waals surface area contributed by atoms with Gasteiger partial charge < -0.3 is 4.74 Å². The summed E-state index contributed by atoms with van der Waals surface area (Å²) in [5, 5.41) is 10.8. The summed E-state index contributed by atoms with van der Waals surface area (Å²) in [5.41, 5.74) is 0.559. The number of nitrogens with zero attached hydrogens (tertiary/aromatic N) is 1. The summed E-state index contributed by atoms with van der Waals surface area (Å²) in [4.78, 5) is 10.3. The van der Waals surface area contributed by atoms with Crippen LogP contribution in [-0.4, -0.2) is 4.92 Å². The van der Waals surface area contributed by atoms with Gasteiger partial charge in [0, 0.05) is 12.1 Å². The highest BCUT2D eigenvalue weighted by atomic mass is 79.9. The molecule has 0 radical (unpaired) electrons. The standard InChI is InChI=1S/C13H8BrClFNO3/c14-10-3-1-8(5-13(10)17(18)19)7-20-9-2-4-11(15)12(16)6-9/h1-6H,7H2. The van der Waals surface area contributed by atoms with E-state index in [-0.39, 0.29) is 17.3 Å². The lowest BCUT2D eigenvalue weighted by molar-refractivity contribution is -0.385. The van der Waals surface area contributed by atoms with E-state index in [0.717, 1.165) is 6.07 Å². The summed E-state index contributed by atoms with van der Waals surface area (Å²) in [6.45, 7) is 0.0925. The maximum atomic E-state index is 13.2. The van der Waals surface area contributed by atoms with Crippen molar-refractivity contribution < 1.29 is 14.1 Å². The van der Waals surface area contributed by atoms with Crippen LogP contribution in [0.3, 0.4) is 0 Å². The van der Waals surface area contributed by atoms with E-state index in [2.05, 4.69) is 15.9 Å². The van der Waals surface area contributed by atoms with E-state index in [9.17, 15) is 14.5 Å². The van der Waals surface area contributed by atoms with E-state index in [1.807, 2.05) is 0 Å². The van der Waals surface area contributed by atoms with E-state index < -0.39 is 10.7 Å². The highest BCUT2D eigenvalue weighted by Crippen LogP contribution is 2.26. The SMILES string of the molecule is O=[N+]([O-])c1cc(COc2ccc(Cl)c(F)c2)ccc1Br. The van der Waals surface area contributed by atoms with Gasteiger partial charge in [0.2, 0.25) is 0 Å². The van der Waals surface area contributed by atoms with Crippen molar-refractivity contribution in [1.29, 1.82) is 0 Å². The molecular formula is C13H8BrClFNO3. The number of rotatable bonds is 4. The van der Waals surface area contributed by atoms with Crippen LogP contribution in [0.25, 0.3) is 0 Å². The third kappa shape index (κ3) is 3.46. The van der Waals surface area contributed by atoms with Crippen LogP contribution in [0.5, 0.6) is 5.75 Å². The van der Waals surface area contributed by atoms with Gasteiger partial charge in [0.05, 0.1) is 14.4 Å². The van der Waals surface area contributed by atoms with E-state index >= 15 is 0 Å². The molecule has 0 fully saturated rings. The van der Waals surface area contributed by atoms with Crippen LogP contribution in [0.2, 0.25) is 5.02 Å². The van der Waals surface area contributed by atoms with Gasteiger partial charge in [-0.15, -0.1) is 0 Å². The molecule has 0 amide bonds. The first-order valence-electron chi connectivity index (χ1n) is 5.48. The Bertz CT molecular complexity index is 666. The van der Waals surface area contributed by atoms with Crippen molar-refractivity contribution in [2.75, 3.05) is 0 Å². The molecule has 0 aliphatic rings. The molecule has 0 unspecified atom stereocenters. The van der Waals surface area contributed by atoms with E-state index in [1.165, 1.54) is 18.2 Å². The zero-order valence-electron chi connectivity index (χ0n) is 9.98. The van der Waals surface area contributed by atoms with Crippen molar-refractivity contribution >= 4 is 33.2 Å². The minimum atomic E-state index is -0.578. The Kier molecular flexibility index (Phi) is 4.57. The van der Waals surface area contributed by atoms with Gasteiger partial charge in [-0.25, -0.2) is 4.39 Å². The monoisotopic (exact) mass is 359 g/mol. The van der Waals surface area contributed by atoms with Crippen LogP contribution in [0.1, 0.15) is 5.56 Å². The molecule has 0 saturated carbocycles. The van der Waals surface area contributed by atoms with Crippen LogP contribution in [0.15, 0.2) is 40.9 Å². The van der Waals surface area contributed by atoms with Crippen LogP contribution >= 0.6 is 27.5 Å². The van der Waals surface area contributed by atoms with Gasteiger partial charge in [-0.1, -0.05) is 17.7 Å². The third-order valence-electron chi connectivity index (χ3n) is 2.50. The number of hydrogen-bond acceptors (Lipinski definition) is 3. The topological polar surface area (TPSA) is 52.4 Å². The lowest BCUT2D eigenvalue weighted by Gasteiger charge is -2.07. The summed E-state index contributed by atoms with van der Waals surface area (Å²) in [5.74, 6) is -0.275. The molecule has 0 saturated heterocycles. The Morgan fingerprint density at radius 2 is 2.05 bits per heavy atom. The molecule has 0 atom stereocenters. The Balaban J connectivity index is 2.12. The number of nitro benzene ring substituents is 1. The number of nitro groups is 1. The summed E-state index contributed by atoms with van der Waals surface area (Å²) in [6.07, 6.45) is 0. The predicted molar refractivity (Wildman–Crippen MR) is 76.5 cm³/mol. The summed E-state index contributed by atoms with van der Waals surface area (Å²) in [6, 6.07) is 8.73. The van der Waals surface area contributed by atoms with Crippen molar-refractivity contribution in [2.24, 2.45) is 0 Å². The molecule has 4 nitrogen and oxygen atoms in total. The van der Waals surface area contributed by atoms with Gasteiger partial charge in [-0.2, -0.15) is 0 Å². The van der Waals surface area contributed by atoms with Crippen molar-refractivity contribution in [3.63, 3.8) is 0 Å². The maximum Gasteiger partial charge on any atom is 0.283 e. The molecule has 0 heterocycles. The molecule has 0 aromatic heterocycles. The first-order chi connectivity index (χ1) is 9.47. The predicted octanol–water partition coefficient (Wildman–Crippen LogP) is 4.73. The Morgan fingerprint density at radius 3 is 2.70 bits per heavy atom. The van der Waals surface area contributed by atoms with Gasteiger partial charge in [0.15, 0.2) is 0 Å². The smallest absolute Gasteiger partial charge is 0.283 e. The average Bonchev–Trinajstić information content (AvgIpc) is 2.41. The minimum Gasteiger partial charge on any atom is -0.489 e. The number of halogens is 3. The summed E-state index contributed by atoms with van der Waals surface area (Å²) >= 11 is 8.66. The van der Waals surface area contributed by atoms with Crippen LogP contribution in [0.4, 0.5) is 10.1 Å². The first kappa shape index (κ1) is 14.7. The fraction of sp³-hybridized carbons (Fsp3) is 0.0769. The summed E-state index contributed by atoms with van der Waals surface area (Å²) in [7, 11) is 0. The largest absolute Gasteiger partial charge is 0.489 e. The van der Waals surface area contributed by atoms with Crippen LogP contribution in [0, 0.1) is 15.9 Å². The van der Waals surface area contributed by atoms with E-state index in [1.54, 1.807) is 12.1 Å². The zero-order chi connectivity index (χ0) is 14.7. The highest BCUT2D eigenvalue weighted by Gasteiger charge is 2.12. The third-order valence-corrected chi connectivity index (χ3v) is 3.48. The molecule has 0 aliphatic heterocycles. The van der Waals surface area contributed by atoms with Gasteiger partial charge in [-0.3, -0.25) is 10.1 Å². The Morgan fingerprint density at radius 1 is 1.30 bits per heavy atom. The van der Waals surface area contributed by atoms with Gasteiger partial charge in [-0.05, 0) is 39.7 Å². The molecule has 7 heteroatoms. The van der Waals surface area contributed by atoms with Crippen molar-refractivity contribution in [2.45, 2.75) is 6.61 Å². The van der Waals surface area contributed by atoms with Gasteiger partial charge >= 0.3 is 0 Å². The van der Waals surface area contributed by atoms with Crippen molar-refractivity contribution in [3.05, 3.63) is 67.4 Å². The highest BCUT2D eigenvalue weighted by molar-refractivity contribution is 9.10. The Hall–Kier alpha value is -1.66. The second-order valence-corrected chi connectivity index (χ2v) is 5.17. The normalized spacial score (nSPS) is 10.3. The van der Waals surface area contributed by atoms with Crippen LogP contribution < -0.4 is 4.74 Å². The molecule has 20 heavy (non-hydrogen) atoms. The van der Waals surface area contributed by atoms with Crippen molar-refractivity contribution in [3.8, 4) is 5.75 Å². The van der Waals surface area contributed by atoms with E-state index in [0.29, 0.717) is 15.8 Å². The first-order valence-corrected chi connectivity index (χ1v) is 6.65. The minimum absolute atomic E-state index is 0.0108. The second-order valence-electron chi connectivity index (χ2n) is 3.91. The second kappa shape index (κ2) is 6.19.